The molecule has 2 atom stereocenters. The number of phenols is 1. The molecule has 1 aromatic rings. The Bertz CT molecular complexity index is 474. The number of aliphatic hydroxyl groups is 2. The van der Waals surface area contributed by atoms with Gasteiger partial charge in [-0.05, 0) is 24.5 Å². The lowest BCUT2D eigenvalue weighted by Gasteiger charge is -2.04. The van der Waals surface area contributed by atoms with E-state index in [0.717, 1.165) is 38.4 Å². The molecule has 29 heavy (non-hydrogen) atoms. The summed E-state index contributed by atoms with van der Waals surface area (Å²) in [6.45, 7) is 5.26. The molecule has 6 heteroatoms. The number of aliphatic hydroxyl groups excluding tert-OH is 2. The van der Waals surface area contributed by atoms with Gasteiger partial charge in [0.15, 0.2) is 0 Å². The Hall–Kier alpha value is -1.18. The predicted octanol–water partition coefficient (Wildman–Crippen LogP) is 3.46. The van der Waals surface area contributed by atoms with Crippen molar-refractivity contribution in [3.8, 4) is 5.75 Å². The van der Waals surface area contributed by atoms with Crippen LogP contribution in [0, 0.1) is 0 Å². The summed E-state index contributed by atoms with van der Waals surface area (Å²) < 4.78 is 15.1. The maximum Gasteiger partial charge on any atom is 0.118 e. The van der Waals surface area contributed by atoms with Crippen molar-refractivity contribution in [2.45, 2.75) is 70.5 Å². The quantitative estimate of drug-likeness (QED) is 0.339. The molecule has 0 bridgehead atoms. The number of aromatic hydroxyl groups is 1. The van der Waals surface area contributed by atoms with E-state index < -0.39 is 0 Å². The molecule has 0 spiro atoms. The maximum absolute atomic E-state index is 9.58. The van der Waals surface area contributed by atoms with Crippen molar-refractivity contribution in [2.24, 2.45) is 0 Å². The molecule has 1 aromatic carbocycles. The molecule has 2 aliphatic heterocycles. The first kappa shape index (κ1) is 25.9. The standard InChI is InChI=1S/C15H24O.C6H10O3.C2H6O2/c1-2-3-4-5-6-7-8-11-14-12-9-10-13-15(14)16;1(5-3-8-5)7-2-6-4-9-6;3-1-2-4/h9-10,12-13,16H,2-8,11H2,1H3;5-6H,1-4H2;3-4H,1-2H2. The Kier molecular flexibility index (Phi) is 15.7. The minimum absolute atomic E-state index is 0.125. The predicted molar refractivity (Wildman–Crippen MR) is 114 cm³/mol. The topological polar surface area (TPSA) is 95.0 Å². The van der Waals surface area contributed by atoms with E-state index in [1.165, 1.54) is 44.9 Å². The van der Waals surface area contributed by atoms with Gasteiger partial charge >= 0.3 is 0 Å². The van der Waals surface area contributed by atoms with Crippen molar-refractivity contribution in [1.29, 1.82) is 0 Å². The largest absolute Gasteiger partial charge is 0.508 e. The van der Waals surface area contributed by atoms with Crippen LogP contribution in [0.2, 0.25) is 0 Å². The van der Waals surface area contributed by atoms with Gasteiger partial charge in [-0.15, -0.1) is 0 Å². The smallest absolute Gasteiger partial charge is 0.118 e. The van der Waals surface area contributed by atoms with E-state index in [9.17, 15) is 5.11 Å². The van der Waals surface area contributed by atoms with Crippen LogP contribution in [-0.4, -0.2) is 67.2 Å². The molecular weight excluding hydrogens is 372 g/mol. The molecule has 168 valence electrons. The third-order valence-corrected chi connectivity index (χ3v) is 4.55. The number of hydrogen-bond donors (Lipinski definition) is 3. The van der Waals surface area contributed by atoms with Crippen molar-refractivity contribution in [3.05, 3.63) is 29.8 Å². The molecule has 0 radical (unpaired) electrons. The minimum atomic E-state index is -0.125. The first-order valence-electron chi connectivity index (χ1n) is 11.0. The summed E-state index contributed by atoms with van der Waals surface area (Å²) in [6, 6.07) is 7.67. The van der Waals surface area contributed by atoms with E-state index in [1.54, 1.807) is 6.07 Å². The molecular formula is C23H40O6. The van der Waals surface area contributed by atoms with E-state index in [4.69, 9.17) is 24.4 Å². The molecule has 2 unspecified atom stereocenters. The molecule has 3 rings (SSSR count). The zero-order valence-electron chi connectivity index (χ0n) is 17.9. The molecule has 0 aromatic heterocycles. The van der Waals surface area contributed by atoms with Gasteiger partial charge in [0, 0.05) is 0 Å². The number of epoxide rings is 2. The minimum Gasteiger partial charge on any atom is -0.508 e. The summed E-state index contributed by atoms with van der Waals surface area (Å²) in [5.41, 5.74) is 1.09. The van der Waals surface area contributed by atoms with Crippen LogP contribution >= 0.6 is 0 Å². The Labute approximate surface area is 175 Å². The van der Waals surface area contributed by atoms with Gasteiger partial charge in [0.1, 0.15) is 18.0 Å². The highest BCUT2D eigenvalue weighted by atomic mass is 16.6. The average Bonchev–Trinajstić information content (AvgIpc) is 3.65. The monoisotopic (exact) mass is 412 g/mol. The first-order valence-corrected chi connectivity index (χ1v) is 11.0. The Morgan fingerprint density at radius 2 is 1.38 bits per heavy atom. The molecule has 2 aliphatic rings. The summed E-state index contributed by atoms with van der Waals surface area (Å²) in [5.74, 6) is 0.452. The normalized spacial score (nSPS) is 18.9. The fourth-order valence-corrected chi connectivity index (χ4v) is 2.65. The number of para-hydroxylation sites is 1. The lowest BCUT2D eigenvalue weighted by molar-refractivity contribution is 0.102. The molecule has 2 fully saturated rings. The highest BCUT2D eigenvalue weighted by Crippen LogP contribution is 2.18. The van der Waals surface area contributed by atoms with E-state index in [2.05, 4.69) is 6.92 Å². The van der Waals surface area contributed by atoms with Crippen LogP contribution in [0.4, 0.5) is 0 Å². The zero-order chi connectivity index (χ0) is 21.2. The van der Waals surface area contributed by atoms with Crippen LogP contribution in [0.3, 0.4) is 0 Å². The molecule has 0 amide bonds. The second kappa shape index (κ2) is 17.7. The van der Waals surface area contributed by atoms with Gasteiger partial charge in [0.2, 0.25) is 0 Å². The molecule has 2 saturated heterocycles. The highest BCUT2D eigenvalue weighted by molar-refractivity contribution is 5.31. The number of unbranched alkanes of at least 4 members (excludes halogenated alkanes) is 6. The number of rotatable bonds is 13. The summed E-state index contributed by atoms with van der Waals surface area (Å²) in [7, 11) is 0. The van der Waals surface area contributed by atoms with Gasteiger partial charge < -0.3 is 29.5 Å². The van der Waals surface area contributed by atoms with Crippen LogP contribution in [0.15, 0.2) is 24.3 Å². The summed E-state index contributed by atoms with van der Waals surface area (Å²) in [5, 5.41) is 24.8. The number of hydrogen-bond acceptors (Lipinski definition) is 6. The van der Waals surface area contributed by atoms with Crippen LogP contribution in [0.5, 0.6) is 5.75 Å². The van der Waals surface area contributed by atoms with Crippen molar-refractivity contribution in [1.82, 2.24) is 0 Å². The Morgan fingerprint density at radius 3 is 1.86 bits per heavy atom. The molecule has 0 saturated carbocycles. The third-order valence-electron chi connectivity index (χ3n) is 4.55. The second-order valence-electron chi connectivity index (χ2n) is 7.40. The van der Waals surface area contributed by atoms with E-state index >= 15 is 0 Å². The van der Waals surface area contributed by atoms with Gasteiger partial charge in [-0.25, -0.2) is 0 Å². The number of aryl methyl sites for hydroxylation is 1. The molecule has 3 N–H and O–H groups in total. The van der Waals surface area contributed by atoms with Gasteiger partial charge in [-0.3, -0.25) is 0 Å². The van der Waals surface area contributed by atoms with Crippen LogP contribution in [0.25, 0.3) is 0 Å². The van der Waals surface area contributed by atoms with Crippen molar-refractivity contribution in [3.63, 3.8) is 0 Å². The highest BCUT2D eigenvalue weighted by Gasteiger charge is 2.26. The van der Waals surface area contributed by atoms with Crippen molar-refractivity contribution in [2.75, 3.05) is 39.6 Å². The maximum atomic E-state index is 9.58. The van der Waals surface area contributed by atoms with Crippen molar-refractivity contribution < 1.29 is 29.5 Å². The Morgan fingerprint density at radius 1 is 0.862 bits per heavy atom. The lowest BCUT2D eigenvalue weighted by Crippen LogP contribution is -2.06. The molecule has 0 aliphatic carbocycles. The number of ether oxygens (including phenoxy) is 3. The summed E-state index contributed by atoms with van der Waals surface area (Å²) in [4.78, 5) is 0. The van der Waals surface area contributed by atoms with Crippen molar-refractivity contribution >= 4 is 0 Å². The molecule has 2 heterocycles. The van der Waals surface area contributed by atoms with Gasteiger partial charge in [0.05, 0.1) is 39.6 Å². The van der Waals surface area contributed by atoms with Crippen LogP contribution in [0.1, 0.15) is 57.4 Å². The van der Waals surface area contributed by atoms with Crippen LogP contribution < -0.4 is 0 Å². The summed E-state index contributed by atoms with van der Waals surface area (Å²) in [6.07, 6.45) is 11.1. The second-order valence-corrected chi connectivity index (χ2v) is 7.40. The van der Waals surface area contributed by atoms with Gasteiger partial charge in [-0.1, -0.05) is 63.6 Å². The zero-order valence-corrected chi connectivity index (χ0v) is 17.9. The van der Waals surface area contributed by atoms with Gasteiger partial charge in [0.25, 0.3) is 0 Å². The lowest BCUT2D eigenvalue weighted by atomic mass is 10.0. The Balaban J connectivity index is 0.000000268. The fraction of sp³-hybridized carbons (Fsp3) is 0.739. The summed E-state index contributed by atoms with van der Waals surface area (Å²) >= 11 is 0. The van der Waals surface area contributed by atoms with E-state index in [1.807, 2.05) is 18.2 Å². The van der Waals surface area contributed by atoms with E-state index in [-0.39, 0.29) is 13.2 Å². The van der Waals surface area contributed by atoms with Gasteiger partial charge in [-0.2, -0.15) is 0 Å². The third kappa shape index (κ3) is 16.3. The first-order chi connectivity index (χ1) is 14.2. The average molecular weight is 413 g/mol. The molecule has 6 nitrogen and oxygen atoms in total. The fourth-order valence-electron chi connectivity index (χ4n) is 2.65. The van der Waals surface area contributed by atoms with Crippen LogP contribution in [-0.2, 0) is 20.6 Å². The van der Waals surface area contributed by atoms with E-state index in [0.29, 0.717) is 18.0 Å². The number of phenolic OH excluding ortho intramolecular Hbond substituents is 1. The SMILES string of the molecule is C(OCC1CO1)C1CO1.CCCCCCCCCc1ccccc1O.OCCO. The number of benzene rings is 1.